The molecule has 2 aromatic carbocycles. The highest BCUT2D eigenvalue weighted by Gasteiger charge is 2.22. The Morgan fingerprint density at radius 3 is 2.56 bits per heavy atom. The van der Waals surface area contributed by atoms with E-state index >= 15 is 0 Å². The highest BCUT2D eigenvalue weighted by atomic mass is 16.3. The van der Waals surface area contributed by atoms with Gasteiger partial charge in [0.2, 0.25) is 0 Å². The maximum absolute atomic E-state index is 12.2. The van der Waals surface area contributed by atoms with Crippen molar-refractivity contribution in [3.63, 3.8) is 0 Å². The average molecular weight is 521 g/mol. The fourth-order valence-corrected chi connectivity index (χ4v) is 6.08. The molecule has 2 heterocycles. The summed E-state index contributed by atoms with van der Waals surface area (Å²) >= 11 is 0. The lowest BCUT2D eigenvalue weighted by molar-refractivity contribution is 0.100. The summed E-state index contributed by atoms with van der Waals surface area (Å²) in [7, 11) is 0. The van der Waals surface area contributed by atoms with Crippen LogP contribution < -0.4 is 11.1 Å². The molecule has 2 fully saturated rings. The van der Waals surface area contributed by atoms with Gasteiger partial charge in [0.25, 0.3) is 5.91 Å². The number of aliphatic hydroxyl groups excluding tert-OH is 1. The monoisotopic (exact) mass is 520 g/mol. The van der Waals surface area contributed by atoms with E-state index in [4.69, 9.17) is 10.7 Å². The van der Waals surface area contributed by atoms with Gasteiger partial charge in [-0.3, -0.25) is 14.8 Å². The largest absolute Gasteiger partial charge is 0.393 e. The number of aryl methyl sites for hydroxylation is 1. The zero-order chi connectivity index (χ0) is 26.8. The van der Waals surface area contributed by atoms with E-state index < -0.39 is 5.91 Å². The number of primary amides is 1. The first-order valence-corrected chi connectivity index (χ1v) is 14.3. The third-order valence-electron chi connectivity index (χ3n) is 8.59. The number of carbonyl (C=O) groups is 1. The predicted octanol–water partition coefficient (Wildman–Crippen LogP) is 6.51. The maximum atomic E-state index is 12.2. The first-order chi connectivity index (χ1) is 19.0. The summed E-state index contributed by atoms with van der Waals surface area (Å²) in [5.74, 6) is 0.419. The molecule has 6 heteroatoms. The maximum Gasteiger partial charge on any atom is 0.250 e. The lowest BCUT2D eigenvalue weighted by Crippen LogP contribution is -2.29. The van der Waals surface area contributed by atoms with Gasteiger partial charge in [0, 0.05) is 46.8 Å². The normalized spacial score (nSPS) is 19.5. The van der Waals surface area contributed by atoms with Crippen LogP contribution in [0.4, 0.5) is 5.69 Å². The molecule has 2 aromatic heterocycles. The fraction of sp³-hybridized carbons (Fsp3) is 0.364. The molecule has 39 heavy (non-hydrogen) atoms. The summed E-state index contributed by atoms with van der Waals surface area (Å²) in [6, 6.07) is 16.6. The number of rotatable bonds is 8. The summed E-state index contributed by atoms with van der Waals surface area (Å²) in [5.41, 5.74) is 12.3. The molecule has 0 radical (unpaired) electrons. The van der Waals surface area contributed by atoms with Crippen LogP contribution in [0.3, 0.4) is 0 Å². The van der Waals surface area contributed by atoms with Crippen LogP contribution >= 0.6 is 0 Å². The number of fused-ring (bicyclic) bond motifs is 1. The Bertz CT molecular complexity index is 1490. The van der Waals surface area contributed by atoms with Gasteiger partial charge in [-0.2, -0.15) is 0 Å². The van der Waals surface area contributed by atoms with Crippen LogP contribution in [0.15, 0.2) is 67.1 Å². The molecule has 200 valence electrons. The summed E-state index contributed by atoms with van der Waals surface area (Å²) in [6.45, 7) is 0. The number of aromatic nitrogens is 2. The van der Waals surface area contributed by atoms with Crippen LogP contribution in [0.5, 0.6) is 0 Å². The van der Waals surface area contributed by atoms with Gasteiger partial charge in [0.05, 0.1) is 17.4 Å². The fourth-order valence-electron chi connectivity index (χ4n) is 6.08. The summed E-state index contributed by atoms with van der Waals surface area (Å²) in [6.07, 6.45) is 15.2. The highest BCUT2D eigenvalue weighted by Crippen LogP contribution is 2.36. The van der Waals surface area contributed by atoms with Crippen LogP contribution in [0.2, 0.25) is 0 Å². The molecule has 4 N–H and O–H groups in total. The highest BCUT2D eigenvalue weighted by molar-refractivity contribution is 6.04. The zero-order valence-corrected chi connectivity index (χ0v) is 22.3. The lowest BCUT2D eigenvalue weighted by atomic mass is 9.81. The topological polar surface area (TPSA) is 101 Å². The molecule has 0 bridgehead atoms. The second-order valence-corrected chi connectivity index (χ2v) is 11.3. The van der Waals surface area contributed by atoms with Crippen molar-refractivity contribution in [2.75, 3.05) is 5.32 Å². The van der Waals surface area contributed by atoms with Crippen LogP contribution in [0.1, 0.15) is 67.3 Å². The van der Waals surface area contributed by atoms with Crippen molar-refractivity contribution < 1.29 is 9.90 Å². The van der Waals surface area contributed by atoms with Gasteiger partial charge >= 0.3 is 0 Å². The number of nitrogens with two attached hydrogens (primary N) is 1. The molecule has 0 saturated heterocycles. The quantitative estimate of drug-likeness (QED) is 0.246. The van der Waals surface area contributed by atoms with Crippen molar-refractivity contribution >= 4 is 22.4 Å². The van der Waals surface area contributed by atoms with Crippen molar-refractivity contribution in [3.05, 3.63) is 78.2 Å². The van der Waals surface area contributed by atoms with Gasteiger partial charge in [-0.1, -0.05) is 43.5 Å². The third kappa shape index (κ3) is 5.52. The van der Waals surface area contributed by atoms with Crippen molar-refractivity contribution in [1.82, 2.24) is 9.97 Å². The Morgan fingerprint density at radius 2 is 1.79 bits per heavy atom. The Kier molecular flexibility index (Phi) is 7.29. The molecule has 2 aliphatic carbocycles. The Hall–Kier alpha value is -3.77. The van der Waals surface area contributed by atoms with Crippen molar-refractivity contribution in [1.29, 1.82) is 0 Å². The van der Waals surface area contributed by atoms with E-state index in [-0.39, 0.29) is 12.1 Å². The predicted molar refractivity (Wildman–Crippen MR) is 156 cm³/mol. The number of nitrogens with one attached hydrogen (secondary N) is 1. The Labute approximate surface area is 229 Å². The van der Waals surface area contributed by atoms with Gasteiger partial charge in [-0.25, -0.2) is 0 Å². The Morgan fingerprint density at radius 1 is 0.949 bits per heavy atom. The van der Waals surface area contributed by atoms with Crippen molar-refractivity contribution in [2.45, 2.75) is 69.9 Å². The number of hydrogen-bond acceptors (Lipinski definition) is 5. The number of aliphatic hydroxyl groups is 1. The van der Waals surface area contributed by atoms with E-state index in [1.165, 1.54) is 31.2 Å². The summed E-state index contributed by atoms with van der Waals surface area (Å²) in [4.78, 5) is 21.6. The first-order valence-electron chi connectivity index (χ1n) is 14.3. The van der Waals surface area contributed by atoms with Gasteiger partial charge in [-0.15, -0.1) is 0 Å². The van der Waals surface area contributed by atoms with E-state index in [1.807, 2.05) is 30.7 Å². The van der Waals surface area contributed by atoms with Crippen LogP contribution in [0, 0.1) is 5.92 Å². The summed E-state index contributed by atoms with van der Waals surface area (Å²) < 4.78 is 0. The standard InChI is InChI=1S/C33H36N4O2/c34-33(39)30-14-9-23(18-31(30)37-25-10-12-26(38)13-11-25)32-29-6-2-5-27(28(29)15-16-36-32)24-17-22(19-35-20-24)8-7-21-3-1-4-21/h2,5-6,9,14-21,25-26,37-38H,1,3-4,7-8,10-13H2,(H2,34,39). The van der Waals surface area contributed by atoms with Crippen LogP contribution in [-0.2, 0) is 6.42 Å². The second kappa shape index (κ2) is 11.1. The first kappa shape index (κ1) is 25.5. The molecule has 4 aromatic rings. The molecule has 2 aliphatic rings. The number of carbonyl (C=O) groups excluding carboxylic acids is 1. The van der Waals surface area contributed by atoms with Crippen molar-refractivity contribution in [2.24, 2.45) is 11.7 Å². The average Bonchev–Trinajstić information content (AvgIpc) is 2.93. The van der Waals surface area contributed by atoms with Gasteiger partial charge in [-0.05, 0) is 85.2 Å². The number of hydrogen-bond donors (Lipinski definition) is 3. The van der Waals surface area contributed by atoms with Gasteiger partial charge in [0.15, 0.2) is 0 Å². The minimum atomic E-state index is -0.460. The molecule has 0 atom stereocenters. The van der Waals surface area contributed by atoms with Gasteiger partial charge < -0.3 is 16.2 Å². The number of benzene rings is 2. The smallest absolute Gasteiger partial charge is 0.250 e. The molecule has 1 amide bonds. The molecule has 0 spiro atoms. The number of amides is 1. The van der Waals surface area contributed by atoms with E-state index in [0.29, 0.717) is 5.56 Å². The molecule has 6 rings (SSSR count). The zero-order valence-electron chi connectivity index (χ0n) is 22.3. The SMILES string of the molecule is NC(=O)c1ccc(-c2nccc3c(-c4cncc(CCC5CCC5)c4)cccc23)cc1NC1CCC(O)CC1. The molecule has 2 saturated carbocycles. The lowest BCUT2D eigenvalue weighted by Gasteiger charge is -2.28. The summed E-state index contributed by atoms with van der Waals surface area (Å²) in [5, 5.41) is 15.6. The number of pyridine rings is 2. The van der Waals surface area contributed by atoms with Crippen molar-refractivity contribution in [3.8, 4) is 22.4 Å². The van der Waals surface area contributed by atoms with Crippen LogP contribution in [0.25, 0.3) is 33.2 Å². The molecular formula is C33H36N4O2. The van der Waals surface area contributed by atoms with E-state index in [1.54, 1.807) is 6.07 Å². The van der Waals surface area contributed by atoms with Crippen LogP contribution in [-0.4, -0.2) is 33.1 Å². The number of anilines is 1. The van der Waals surface area contributed by atoms with Gasteiger partial charge in [0.1, 0.15) is 0 Å². The number of nitrogens with zero attached hydrogens (tertiary/aromatic N) is 2. The molecular weight excluding hydrogens is 484 g/mol. The van der Waals surface area contributed by atoms with E-state index in [9.17, 15) is 9.90 Å². The second-order valence-electron chi connectivity index (χ2n) is 11.3. The minimum absolute atomic E-state index is 0.192. The van der Waals surface area contributed by atoms with E-state index in [2.05, 4.69) is 40.6 Å². The third-order valence-corrected chi connectivity index (χ3v) is 8.59. The molecule has 0 aliphatic heterocycles. The minimum Gasteiger partial charge on any atom is -0.393 e. The molecule has 0 unspecified atom stereocenters. The van der Waals surface area contributed by atoms with E-state index in [0.717, 1.165) is 76.9 Å². The molecule has 6 nitrogen and oxygen atoms in total. The Balaban J connectivity index is 1.34.